The topological polar surface area (TPSA) is 38.0 Å². The smallest absolute Gasteiger partial charge is 0.129 e. The van der Waals surface area contributed by atoms with Crippen molar-refractivity contribution in [3.63, 3.8) is 0 Å². The molecule has 2 nitrogen and oxygen atoms in total. The van der Waals surface area contributed by atoms with Gasteiger partial charge >= 0.3 is 0 Å². The van der Waals surface area contributed by atoms with Crippen LogP contribution in [0, 0.1) is 11.6 Å². The quantitative estimate of drug-likeness (QED) is 0.437. The molecule has 0 bridgehead atoms. The van der Waals surface area contributed by atoms with E-state index < -0.39 is 11.6 Å². The molecule has 0 aromatic heterocycles. The molecule has 4 heteroatoms. The molecule has 0 aliphatic carbocycles. The highest BCUT2D eigenvalue weighted by molar-refractivity contribution is 5.20. The Bertz CT molecular complexity index is 326. The van der Waals surface area contributed by atoms with Crippen molar-refractivity contribution in [2.75, 3.05) is 0 Å². The van der Waals surface area contributed by atoms with Crippen LogP contribution in [0.3, 0.4) is 0 Å². The first kappa shape index (κ1) is 10.8. The molecule has 1 unspecified atom stereocenters. The summed E-state index contributed by atoms with van der Waals surface area (Å²) in [6.07, 6.45) is 1.93. The molecule has 0 saturated carbocycles. The van der Waals surface area contributed by atoms with Crippen LogP contribution in [-0.4, -0.2) is 6.04 Å². The van der Waals surface area contributed by atoms with Gasteiger partial charge in [-0.3, -0.25) is 11.3 Å². The second-order valence-electron chi connectivity index (χ2n) is 2.95. The minimum Gasteiger partial charge on any atom is -0.271 e. The van der Waals surface area contributed by atoms with Gasteiger partial charge in [0, 0.05) is 12.1 Å². The molecule has 0 radical (unpaired) electrons. The van der Waals surface area contributed by atoms with Crippen molar-refractivity contribution in [1.29, 1.82) is 0 Å². The Labute approximate surface area is 81.4 Å². The molecule has 0 fully saturated rings. The van der Waals surface area contributed by atoms with E-state index in [1.165, 1.54) is 12.1 Å². The molecule has 1 atom stereocenters. The van der Waals surface area contributed by atoms with Crippen LogP contribution >= 0.6 is 0 Å². The van der Waals surface area contributed by atoms with E-state index in [1.54, 1.807) is 6.08 Å². The minimum absolute atomic E-state index is 0.213. The number of rotatable bonds is 4. The van der Waals surface area contributed by atoms with E-state index in [4.69, 9.17) is 5.84 Å². The highest BCUT2D eigenvalue weighted by Crippen LogP contribution is 2.11. The normalized spacial score (nSPS) is 12.5. The predicted octanol–water partition coefficient (Wildman–Crippen LogP) is 1.53. The van der Waals surface area contributed by atoms with Crippen molar-refractivity contribution >= 4 is 0 Å². The van der Waals surface area contributed by atoms with Crippen LogP contribution in [0.2, 0.25) is 0 Å². The number of halogens is 2. The number of hydrogen-bond donors (Lipinski definition) is 2. The molecule has 1 aromatic carbocycles. The second kappa shape index (κ2) is 4.83. The monoisotopic (exact) mass is 198 g/mol. The summed E-state index contributed by atoms with van der Waals surface area (Å²) < 4.78 is 25.7. The number of hydrogen-bond acceptors (Lipinski definition) is 2. The van der Waals surface area contributed by atoms with Gasteiger partial charge in [0.2, 0.25) is 0 Å². The lowest BCUT2D eigenvalue weighted by molar-refractivity contribution is 0.552. The van der Waals surface area contributed by atoms with E-state index in [2.05, 4.69) is 12.0 Å². The van der Waals surface area contributed by atoms with Crippen molar-refractivity contribution in [2.24, 2.45) is 5.84 Å². The third-order valence-electron chi connectivity index (χ3n) is 1.95. The van der Waals surface area contributed by atoms with Gasteiger partial charge < -0.3 is 0 Å². The Hall–Kier alpha value is -1.26. The summed E-state index contributed by atoms with van der Waals surface area (Å²) in [6.45, 7) is 3.54. The Morgan fingerprint density at radius 2 is 2.21 bits per heavy atom. The van der Waals surface area contributed by atoms with Crippen LogP contribution < -0.4 is 11.3 Å². The van der Waals surface area contributed by atoms with Gasteiger partial charge in [-0.05, 0) is 18.1 Å². The molecule has 14 heavy (non-hydrogen) atoms. The fraction of sp³-hybridized carbons (Fsp3) is 0.200. The van der Waals surface area contributed by atoms with Gasteiger partial charge in [-0.1, -0.05) is 12.1 Å². The fourth-order valence-corrected chi connectivity index (χ4v) is 1.13. The molecule has 3 N–H and O–H groups in total. The van der Waals surface area contributed by atoms with Crippen molar-refractivity contribution < 1.29 is 8.78 Å². The maximum Gasteiger partial charge on any atom is 0.129 e. The summed E-state index contributed by atoms with van der Waals surface area (Å²) in [5.41, 5.74) is 2.87. The third-order valence-corrected chi connectivity index (χ3v) is 1.95. The molecule has 0 aliphatic rings. The van der Waals surface area contributed by atoms with Crippen molar-refractivity contribution in [1.82, 2.24) is 5.43 Å². The van der Waals surface area contributed by atoms with E-state index in [-0.39, 0.29) is 6.04 Å². The molecular formula is C10H12F2N2. The first-order valence-corrected chi connectivity index (χ1v) is 4.20. The number of benzene rings is 1. The van der Waals surface area contributed by atoms with Crippen LogP contribution in [0.4, 0.5) is 8.78 Å². The molecular weight excluding hydrogens is 186 g/mol. The average Bonchev–Trinajstić information content (AvgIpc) is 2.17. The lowest BCUT2D eigenvalue weighted by Crippen LogP contribution is -2.35. The molecule has 0 spiro atoms. The molecule has 0 aliphatic heterocycles. The summed E-state index contributed by atoms with van der Waals surface area (Å²) in [7, 11) is 0. The lowest BCUT2D eigenvalue weighted by atomic mass is 10.1. The number of hydrazine groups is 1. The van der Waals surface area contributed by atoms with Crippen LogP contribution in [0.1, 0.15) is 5.56 Å². The van der Waals surface area contributed by atoms with Gasteiger partial charge in [0.25, 0.3) is 0 Å². The van der Waals surface area contributed by atoms with E-state index in [9.17, 15) is 8.78 Å². The maximum atomic E-state index is 13.1. The second-order valence-corrected chi connectivity index (χ2v) is 2.95. The zero-order chi connectivity index (χ0) is 10.6. The van der Waals surface area contributed by atoms with Crippen molar-refractivity contribution in [3.05, 3.63) is 48.1 Å². The Morgan fingerprint density at radius 3 is 2.71 bits per heavy atom. The van der Waals surface area contributed by atoms with E-state index in [1.807, 2.05) is 0 Å². The van der Waals surface area contributed by atoms with Gasteiger partial charge in [-0.2, -0.15) is 0 Å². The number of nitrogens with one attached hydrogen (secondary N) is 1. The highest BCUT2D eigenvalue weighted by Gasteiger charge is 2.08. The summed E-state index contributed by atoms with van der Waals surface area (Å²) in [5, 5.41) is 0. The van der Waals surface area contributed by atoms with Crippen molar-refractivity contribution in [3.8, 4) is 0 Å². The third kappa shape index (κ3) is 2.61. The van der Waals surface area contributed by atoms with Gasteiger partial charge in [0.15, 0.2) is 0 Å². The zero-order valence-electron chi connectivity index (χ0n) is 7.63. The average molecular weight is 198 g/mol. The Kier molecular flexibility index (Phi) is 3.73. The maximum absolute atomic E-state index is 13.1. The standard InChI is InChI=1S/C10H12F2N2/c1-2-9(14-13)5-7-3-4-8(11)6-10(7)12/h2-4,6,9,14H,1,5,13H2. The molecule has 0 saturated heterocycles. The molecule has 0 heterocycles. The summed E-state index contributed by atoms with van der Waals surface area (Å²) in [6, 6.07) is 3.26. The van der Waals surface area contributed by atoms with Gasteiger partial charge in [0.1, 0.15) is 11.6 Å². The largest absolute Gasteiger partial charge is 0.271 e. The summed E-state index contributed by atoms with van der Waals surface area (Å²) in [5.74, 6) is 4.05. The van der Waals surface area contributed by atoms with Crippen LogP contribution in [0.15, 0.2) is 30.9 Å². The van der Waals surface area contributed by atoms with Gasteiger partial charge in [-0.25, -0.2) is 8.78 Å². The Balaban J connectivity index is 2.80. The summed E-state index contributed by atoms with van der Waals surface area (Å²) in [4.78, 5) is 0. The fourth-order valence-electron chi connectivity index (χ4n) is 1.13. The molecule has 76 valence electrons. The first-order valence-electron chi connectivity index (χ1n) is 4.20. The molecule has 1 rings (SSSR count). The first-order chi connectivity index (χ1) is 6.67. The van der Waals surface area contributed by atoms with Crippen LogP contribution in [-0.2, 0) is 6.42 Å². The van der Waals surface area contributed by atoms with Crippen LogP contribution in [0.5, 0.6) is 0 Å². The highest BCUT2D eigenvalue weighted by atomic mass is 19.1. The SMILES string of the molecule is C=CC(Cc1ccc(F)cc1F)NN. The van der Waals surface area contributed by atoms with E-state index >= 15 is 0 Å². The molecule has 1 aromatic rings. The van der Waals surface area contributed by atoms with E-state index in [0.717, 1.165) is 6.07 Å². The summed E-state index contributed by atoms with van der Waals surface area (Å²) >= 11 is 0. The van der Waals surface area contributed by atoms with Crippen molar-refractivity contribution in [2.45, 2.75) is 12.5 Å². The lowest BCUT2D eigenvalue weighted by Gasteiger charge is -2.11. The molecule has 0 amide bonds. The Morgan fingerprint density at radius 1 is 1.50 bits per heavy atom. The predicted molar refractivity (Wildman–Crippen MR) is 51.4 cm³/mol. The number of nitrogens with two attached hydrogens (primary N) is 1. The van der Waals surface area contributed by atoms with Crippen LogP contribution in [0.25, 0.3) is 0 Å². The van der Waals surface area contributed by atoms with E-state index in [0.29, 0.717) is 12.0 Å². The zero-order valence-corrected chi connectivity index (χ0v) is 7.63. The van der Waals surface area contributed by atoms with Gasteiger partial charge in [0.05, 0.1) is 0 Å². The van der Waals surface area contributed by atoms with Gasteiger partial charge in [-0.15, -0.1) is 6.58 Å². The minimum atomic E-state index is -0.581.